The van der Waals surface area contributed by atoms with Crippen LogP contribution in [0.4, 0.5) is 0 Å². The van der Waals surface area contributed by atoms with Crippen LogP contribution in [0, 0.1) is 0 Å². The Kier molecular flexibility index (Phi) is 4.14. The van der Waals surface area contributed by atoms with Gasteiger partial charge in [-0.1, -0.05) is 63.2 Å². The van der Waals surface area contributed by atoms with Crippen LogP contribution in [-0.2, 0) is 4.79 Å². The van der Waals surface area contributed by atoms with E-state index in [9.17, 15) is 4.79 Å². The highest BCUT2D eigenvalue weighted by Gasteiger charge is 2.45. The first-order chi connectivity index (χ1) is 8.96. The zero-order chi connectivity index (χ0) is 14.0. The lowest BCUT2D eigenvalue weighted by Gasteiger charge is -2.44. The van der Waals surface area contributed by atoms with E-state index in [1.54, 1.807) is 5.19 Å². The maximum Gasteiger partial charge on any atom is 0.222 e. The van der Waals surface area contributed by atoms with E-state index in [4.69, 9.17) is 0 Å². The topological polar surface area (TPSA) is 29.1 Å². The third kappa shape index (κ3) is 2.61. The molecule has 2 rings (SSSR count). The highest BCUT2D eigenvalue weighted by molar-refractivity contribution is 6.94. The summed E-state index contributed by atoms with van der Waals surface area (Å²) < 4.78 is 0. The largest absolute Gasteiger partial charge is 0.353 e. The molecule has 3 heteroatoms. The molecule has 1 aliphatic heterocycles. The predicted molar refractivity (Wildman–Crippen MR) is 83.4 cm³/mol. The molecule has 104 valence electrons. The van der Waals surface area contributed by atoms with Crippen molar-refractivity contribution in [2.45, 2.75) is 57.3 Å². The SMILES string of the molecule is CC(C)[Si](C[C@@H]1CC(=O)N1)(c1ccccc1)C(C)C. The fourth-order valence-electron chi connectivity index (χ4n) is 3.63. The monoisotopic (exact) mass is 275 g/mol. The molecule has 0 spiro atoms. The molecule has 1 saturated heterocycles. The van der Waals surface area contributed by atoms with Crippen molar-refractivity contribution in [1.29, 1.82) is 0 Å². The van der Waals surface area contributed by atoms with Gasteiger partial charge in [-0.05, 0) is 17.1 Å². The zero-order valence-electron chi connectivity index (χ0n) is 12.4. The predicted octanol–water partition coefficient (Wildman–Crippen LogP) is 3.05. The normalized spacial score (nSPS) is 19.5. The molecule has 1 aromatic rings. The number of nitrogens with one attached hydrogen (secondary N) is 1. The van der Waals surface area contributed by atoms with Crippen molar-refractivity contribution in [2.24, 2.45) is 0 Å². The van der Waals surface area contributed by atoms with Gasteiger partial charge in [0.05, 0.1) is 8.07 Å². The molecule has 0 aromatic heterocycles. The van der Waals surface area contributed by atoms with E-state index < -0.39 is 8.07 Å². The number of carbonyl (C=O) groups excluding carboxylic acids is 1. The van der Waals surface area contributed by atoms with Gasteiger partial charge in [-0.15, -0.1) is 0 Å². The zero-order valence-corrected chi connectivity index (χ0v) is 13.4. The van der Waals surface area contributed by atoms with Crippen LogP contribution >= 0.6 is 0 Å². The molecular weight excluding hydrogens is 250 g/mol. The molecule has 2 nitrogen and oxygen atoms in total. The first kappa shape index (κ1) is 14.3. The van der Waals surface area contributed by atoms with E-state index in [0.717, 1.165) is 6.42 Å². The Morgan fingerprint density at radius 1 is 1.16 bits per heavy atom. The number of β-lactam (4-membered cyclic amide) rings is 1. The number of carbonyl (C=O) groups is 1. The van der Waals surface area contributed by atoms with Crippen molar-refractivity contribution < 1.29 is 4.79 Å². The Balaban J connectivity index is 2.33. The second kappa shape index (κ2) is 5.49. The van der Waals surface area contributed by atoms with Crippen molar-refractivity contribution >= 4 is 19.2 Å². The van der Waals surface area contributed by atoms with Gasteiger partial charge in [0.25, 0.3) is 0 Å². The smallest absolute Gasteiger partial charge is 0.222 e. The molecule has 1 heterocycles. The molecule has 0 bridgehead atoms. The number of benzene rings is 1. The first-order valence-electron chi connectivity index (χ1n) is 7.31. The number of hydrogen-bond donors (Lipinski definition) is 1. The van der Waals surface area contributed by atoms with E-state index in [1.807, 2.05) is 0 Å². The summed E-state index contributed by atoms with van der Waals surface area (Å²) >= 11 is 0. The fourth-order valence-corrected chi connectivity index (χ4v) is 9.35. The van der Waals surface area contributed by atoms with Crippen molar-refractivity contribution in [3.05, 3.63) is 30.3 Å². The van der Waals surface area contributed by atoms with Crippen molar-refractivity contribution in [1.82, 2.24) is 5.32 Å². The summed E-state index contributed by atoms with van der Waals surface area (Å²) in [7, 11) is -1.60. The van der Waals surface area contributed by atoms with Crippen LogP contribution in [0.1, 0.15) is 34.1 Å². The van der Waals surface area contributed by atoms with Crippen molar-refractivity contribution in [3.63, 3.8) is 0 Å². The van der Waals surface area contributed by atoms with Crippen LogP contribution in [0.5, 0.6) is 0 Å². The minimum Gasteiger partial charge on any atom is -0.353 e. The molecule has 1 N–H and O–H groups in total. The molecule has 1 amide bonds. The van der Waals surface area contributed by atoms with E-state index in [1.165, 1.54) is 6.04 Å². The van der Waals surface area contributed by atoms with Gasteiger partial charge in [0, 0.05) is 12.5 Å². The Morgan fingerprint density at radius 3 is 2.11 bits per heavy atom. The van der Waals surface area contributed by atoms with Crippen molar-refractivity contribution in [2.75, 3.05) is 0 Å². The van der Waals surface area contributed by atoms with Crippen LogP contribution in [-0.4, -0.2) is 20.0 Å². The number of rotatable bonds is 5. The summed E-state index contributed by atoms with van der Waals surface area (Å²) in [5, 5.41) is 4.62. The van der Waals surface area contributed by atoms with Crippen LogP contribution in [0.25, 0.3) is 0 Å². The highest BCUT2D eigenvalue weighted by atomic mass is 28.3. The molecule has 1 fully saturated rings. The standard InChI is InChI=1S/C16H25NOSi/c1-12(2)19(13(3)4,11-14-10-16(18)17-14)15-8-6-5-7-9-15/h5-9,12-14H,10-11H2,1-4H3,(H,17,18)/t14-/m0/s1. The molecule has 0 saturated carbocycles. The molecule has 1 aliphatic rings. The highest BCUT2D eigenvalue weighted by Crippen LogP contribution is 2.38. The third-order valence-electron chi connectivity index (χ3n) is 4.75. The van der Waals surface area contributed by atoms with Gasteiger partial charge in [0.1, 0.15) is 0 Å². The maximum absolute atomic E-state index is 11.2. The van der Waals surface area contributed by atoms with Gasteiger partial charge in [0.15, 0.2) is 0 Å². The average molecular weight is 275 g/mol. The van der Waals surface area contributed by atoms with Gasteiger partial charge in [0.2, 0.25) is 5.91 Å². The van der Waals surface area contributed by atoms with E-state index in [0.29, 0.717) is 17.1 Å². The van der Waals surface area contributed by atoms with Crippen LogP contribution in [0.2, 0.25) is 17.1 Å². The summed E-state index contributed by atoms with van der Waals surface area (Å²) in [5.74, 6) is 0.216. The fraction of sp³-hybridized carbons (Fsp3) is 0.562. The summed E-state index contributed by atoms with van der Waals surface area (Å²) in [6.07, 6.45) is 0.723. The van der Waals surface area contributed by atoms with Crippen LogP contribution < -0.4 is 10.5 Å². The first-order valence-corrected chi connectivity index (χ1v) is 9.68. The molecule has 1 aromatic carbocycles. The second-order valence-corrected chi connectivity index (χ2v) is 11.8. The van der Waals surface area contributed by atoms with Gasteiger partial charge >= 0.3 is 0 Å². The number of hydrogen-bond acceptors (Lipinski definition) is 1. The molecule has 19 heavy (non-hydrogen) atoms. The maximum atomic E-state index is 11.2. The molecular formula is C16H25NOSi. The Labute approximate surface area is 117 Å². The summed E-state index contributed by atoms with van der Waals surface area (Å²) in [6.45, 7) is 9.44. The van der Waals surface area contributed by atoms with Gasteiger partial charge in [-0.25, -0.2) is 0 Å². The molecule has 0 radical (unpaired) electrons. The summed E-state index contributed by atoms with van der Waals surface area (Å²) in [6, 6.07) is 12.6. The quantitative estimate of drug-likeness (QED) is 0.649. The third-order valence-corrected chi connectivity index (χ3v) is 11.5. The van der Waals surface area contributed by atoms with Gasteiger partial charge in [-0.2, -0.15) is 0 Å². The molecule has 1 atom stereocenters. The van der Waals surface area contributed by atoms with E-state index in [2.05, 4.69) is 63.3 Å². The van der Waals surface area contributed by atoms with Gasteiger partial charge in [-0.3, -0.25) is 4.79 Å². The lowest BCUT2D eigenvalue weighted by atomic mass is 10.1. The lowest BCUT2D eigenvalue weighted by molar-refractivity contribution is -0.127. The second-order valence-electron chi connectivity index (χ2n) is 6.39. The Hall–Kier alpha value is -1.09. The average Bonchev–Trinajstić information content (AvgIpc) is 2.33. The summed E-state index contributed by atoms with van der Waals surface area (Å²) in [4.78, 5) is 11.2. The van der Waals surface area contributed by atoms with Gasteiger partial charge < -0.3 is 5.32 Å². The number of amides is 1. The van der Waals surface area contributed by atoms with E-state index >= 15 is 0 Å². The molecule has 0 aliphatic carbocycles. The Morgan fingerprint density at radius 2 is 1.68 bits per heavy atom. The van der Waals surface area contributed by atoms with E-state index in [-0.39, 0.29) is 5.91 Å². The molecule has 0 unspecified atom stereocenters. The minimum atomic E-state index is -1.60. The summed E-state index contributed by atoms with van der Waals surface area (Å²) in [5.41, 5.74) is 1.37. The Bertz CT molecular complexity index is 425. The van der Waals surface area contributed by atoms with Crippen LogP contribution in [0.3, 0.4) is 0 Å². The van der Waals surface area contributed by atoms with Crippen LogP contribution in [0.15, 0.2) is 30.3 Å². The van der Waals surface area contributed by atoms with Crippen molar-refractivity contribution in [3.8, 4) is 0 Å². The minimum absolute atomic E-state index is 0.216. The lowest BCUT2D eigenvalue weighted by Crippen LogP contribution is -2.60.